The van der Waals surface area contributed by atoms with Crippen molar-refractivity contribution in [3.8, 4) is 11.5 Å². The summed E-state index contributed by atoms with van der Waals surface area (Å²) in [5, 5.41) is 5.46. The van der Waals surface area contributed by atoms with E-state index in [0.717, 1.165) is 16.9 Å². The molecule has 0 aromatic heterocycles. The number of rotatable bonds is 5. The Morgan fingerprint density at radius 2 is 1.81 bits per heavy atom. The van der Waals surface area contributed by atoms with Crippen LogP contribution in [-0.4, -0.2) is 35.7 Å². The second kappa shape index (κ2) is 8.16. The summed E-state index contributed by atoms with van der Waals surface area (Å²) in [5.41, 5.74) is 1.66. The Hall–Kier alpha value is -2.64. The molecule has 0 saturated carbocycles. The molecular formula is C19H16N2O3S2. The van der Waals surface area contributed by atoms with Crippen molar-refractivity contribution in [2.75, 3.05) is 14.2 Å². The van der Waals surface area contributed by atoms with E-state index in [2.05, 4.69) is 5.10 Å². The lowest BCUT2D eigenvalue weighted by molar-refractivity contribution is -0.122. The van der Waals surface area contributed by atoms with Crippen LogP contribution < -0.4 is 9.47 Å². The first-order valence-corrected chi connectivity index (χ1v) is 8.94. The smallest absolute Gasteiger partial charge is 0.286 e. The van der Waals surface area contributed by atoms with E-state index in [9.17, 15) is 4.79 Å². The molecule has 5 nitrogen and oxygen atoms in total. The highest BCUT2D eigenvalue weighted by Gasteiger charge is 2.32. The fraction of sp³-hybridized carbons (Fsp3) is 0.105. The third kappa shape index (κ3) is 3.95. The van der Waals surface area contributed by atoms with Gasteiger partial charge in [-0.15, -0.1) is 0 Å². The molecule has 1 amide bonds. The van der Waals surface area contributed by atoms with E-state index in [1.807, 2.05) is 48.5 Å². The number of thioether (sulfide) groups is 1. The van der Waals surface area contributed by atoms with Crippen LogP contribution >= 0.6 is 24.0 Å². The van der Waals surface area contributed by atoms with E-state index in [-0.39, 0.29) is 5.91 Å². The Bertz CT molecular complexity index is 892. The molecule has 2 aromatic rings. The van der Waals surface area contributed by atoms with Crippen molar-refractivity contribution in [2.24, 2.45) is 5.10 Å². The van der Waals surface area contributed by atoms with Gasteiger partial charge in [0.1, 0.15) is 11.5 Å². The van der Waals surface area contributed by atoms with Gasteiger partial charge in [-0.1, -0.05) is 30.0 Å². The van der Waals surface area contributed by atoms with Gasteiger partial charge in [-0.05, 0) is 54.2 Å². The van der Waals surface area contributed by atoms with Crippen molar-refractivity contribution >= 4 is 46.5 Å². The Morgan fingerprint density at radius 3 is 2.50 bits per heavy atom. The molecule has 1 heterocycles. The Balaban J connectivity index is 1.80. The van der Waals surface area contributed by atoms with Gasteiger partial charge in [0.15, 0.2) is 4.32 Å². The van der Waals surface area contributed by atoms with Crippen LogP contribution in [-0.2, 0) is 4.79 Å². The zero-order valence-corrected chi connectivity index (χ0v) is 15.8. The van der Waals surface area contributed by atoms with Crippen molar-refractivity contribution < 1.29 is 14.3 Å². The van der Waals surface area contributed by atoms with E-state index >= 15 is 0 Å². The van der Waals surface area contributed by atoms with Crippen molar-refractivity contribution in [1.29, 1.82) is 0 Å². The largest absolute Gasteiger partial charge is 0.497 e. The van der Waals surface area contributed by atoms with Gasteiger partial charge in [0.2, 0.25) is 0 Å². The van der Waals surface area contributed by atoms with Crippen LogP contribution in [0.15, 0.2) is 58.5 Å². The minimum absolute atomic E-state index is 0.254. The van der Waals surface area contributed by atoms with Crippen LogP contribution in [0.5, 0.6) is 11.5 Å². The fourth-order valence-electron chi connectivity index (χ4n) is 2.30. The Labute approximate surface area is 161 Å². The molecule has 132 valence electrons. The molecule has 0 bridgehead atoms. The maximum absolute atomic E-state index is 12.6. The molecule has 0 N–H and O–H groups in total. The highest BCUT2D eigenvalue weighted by atomic mass is 32.2. The minimum atomic E-state index is -0.254. The second-order valence-corrected chi connectivity index (χ2v) is 6.93. The lowest BCUT2D eigenvalue weighted by atomic mass is 10.2. The van der Waals surface area contributed by atoms with Gasteiger partial charge >= 0.3 is 0 Å². The lowest BCUT2D eigenvalue weighted by Gasteiger charge is -2.06. The zero-order valence-electron chi connectivity index (χ0n) is 14.2. The molecule has 0 atom stereocenters. The van der Waals surface area contributed by atoms with Crippen LogP contribution in [0.1, 0.15) is 11.1 Å². The summed E-state index contributed by atoms with van der Waals surface area (Å²) in [5.74, 6) is 1.20. The summed E-state index contributed by atoms with van der Waals surface area (Å²) in [6.07, 6.45) is 3.36. The van der Waals surface area contributed by atoms with E-state index in [1.165, 1.54) is 16.8 Å². The molecule has 0 radical (unpaired) electrons. The SMILES string of the molecule is COc1ccc(/C=N\N2C(=O)/C(=C/c3ccccc3OC)SC2=S)cc1. The molecule has 7 heteroatoms. The number of methoxy groups -OCH3 is 2. The maximum Gasteiger partial charge on any atom is 0.286 e. The van der Waals surface area contributed by atoms with E-state index in [0.29, 0.717) is 15.0 Å². The normalized spacial score (nSPS) is 15.9. The maximum atomic E-state index is 12.6. The monoisotopic (exact) mass is 384 g/mol. The molecule has 0 unspecified atom stereocenters. The van der Waals surface area contributed by atoms with Crippen molar-refractivity contribution in [3.63, 3.8) is 0 Å². The molecule has 2 aromatic carbocycles. The summed E-state index contributed by atoms with van der Waals surface area (Å²) in [4.78, 5) is 13.1. The summed E-state index contributed by atoms with van der Waals surface area (Å²) in [7, 11) is 3.20. The van der Waals surface area contributed by atoms with E-state index in [4.69, 9.17) is 21.7 Å². The number of nitrogens with zero attached hydrogens (tertiary/aromatic N) is 2. The topological polar surface area (TPSA) is 51.1 Å². The first-order chi connectivity index (χ1) is 12.6. The predicted octanol–water partition coefficient (Wildman–Crippen LogP) is 3.94. The molecule has 0 aliphatic carbocycles. The van der Waals surface area contributed by atoms with Gasteiger partial charge in [-0.25, -0.2) is 0 Å². The summed E-state index contributed by atoms with van der Waals surface area (Å²) < 4.78 is 10.8. The summed E-state index contributed by atoms with van der Waals surface area (Å²) in [6, 6.07) is 14.8. The molecule has 1 saturated heterocycles. The van der Waals surface area contributed by atoms with Crippen molar-refractivity contribution in [3.05, 3.63) is 64.6 Å². The number of carbonyl (C=O) groups excluding carboxylic acids is 1. The van der Waals surface area contributed by atoms with E-state index < -0.39 is 0 Å². The minimum Gasteiger partial charge on any atom is -0.497 e. The van der Waals surface area contributed by atoms with Gasteiger partial charge in [0, 0.05) is 5.56 Å². The van der Waals surface area contributed by atoms with Crippen LogP contribution in [0.25, 0.3) is 6.08 Å². The summed E-state index contributed by atoms with van der Waals surface area (Å²) >= 11 is 6.51. The molecule has 3 rings (SSSR count). The van der Waals surface area contributed by atoms with Crippen LogP contribution in [0, 0.1) is 0 Å². The highest BCUT2D eigenvalue weighted by molar-refractivity contribution is 8.26. The molecule has 26 heavy (non-hydrogen) atoms. The predicted molar refractivity (Wildman–Crippen MR) is 109 cm³/mol. The lowest BCUT2D eigenvalue weighted by Crippen LogP contribution is -2.22. The number of hydrazone groups is 1. The molecule has 1 fully saturated rings. The fourth-order valence-corrected chi connectivity index (χ4v) is 3.46. The van der Waals surface area contributed by atoms with Crippen molar-refractivity contribution in [2.45, 2.75) is 0 Å². The zero-order chi connectivity index (χ0) is 18.5. The quantitative estimate of drug-likeness (QED) is 0.444. The average molecular weight is 384 g/mol. The number of hydrogen-bond donors (Lipinski definition) is 0. The van der Waals surface area contributed by atoms with Gasteiger partial charge in [0.25, 0.3) is 5.91 Å². The van der Waals surface area contributed by atoms with Crippen LogP contribution in [0.2, 0.25) is 0 Å². The van der Waals surface area contributed by atoms with E-state index in [1.54, 1.807) is 26.5 Å². The van der Waals surface area contributed by atoms with Gasteiger partial charge < -0.3 is 9.47 Å². The number of benzene rings is 2. The van der Waals surface area contributed by atoms with Gasteiger partial charge in [-0.2, -0.15) is 10.1 Å². The van der Waals surface area contributed by atoms with Crippen LogP contribution in [0.4, 0.5) is 0 Å². The van der Waals surface area contributed by atoms with Crippen LogP contribution in [0.3, 0.4) is 0 Å². The number of thiocarbonyl (C=S) groups is 1. The molecule has 0 spiro atoms. The number of ether oxygens (including phenoxy) is 2. The standard InChI is InChI=1S/C19H16N2O3S2/c1-23-15-9-7-13(8-10-15)12-20-21-18(22)17(26-19(21)25)11-14-5-3-4-6-16(14)24-2/h3-12H,1-2H3/b17-11-,20-12-. The first-order valence-electron chi connectivity index (χ1n) is 7.71. The first kappa shape index (κ1) is 18.2. The number of carbonyl (C=O) groups is 1. The highest BCUT2D eigenvalue weighted by Crippen LogP contribution is 2.34. The summed E-state index contributed by atoms with van der Waals surface area (Å²) in [6.45, 7) is 0. The van der Waals surface area contributed by atoms with Crippen molar-refractivity contribution in [1.82, 2.24) is 5.01 Å². The number of amides is 1. The average Bonchev–Trinajstić information content (AvgIpc) is 2.94. The third-order valence-electron chi connectivity index (χ3n) is 3.64. The molecule has 1 aliphatic heterocycles. The Morgan fingerprint density at radius 1 is 1.08 bits per heavy atom. The van der Waals surface area contributed by atoms with Gasteiger partial charge in [0.05, 0.1) is 25.3 Å². The second-order valence-electron chi connectivity index (χ2n) is 5.25. The third-order valence-corrected chi connectivity index (χ3v) is 4.92. The molecular weight excluding hydrogens is 368 g/mol. The number of hydrogen-bond acceptors (Lipinski definition) is 6. The van der Waals surface area contributed by atoms with Gasteiger partial charge in [-0.3, -0.25) is 4.79 Å². The Kier molecular flexibility index (Phi) is 5.70. The number of para-hydroxylation sites is 1. The molecule has 1 aliphatic rings.